The van der Waals surface area contributed by atoms with Crippen LogP contribution in [0.25, 0.3) is 0 Å². The molecule has 3 fully saturated rings. The van der Waals surface area contributed by atoms with Gasteiger partial charge in [0.25, 0.3) is 0 Å². The number of hydrogen-bond donors (Lipinski definition) is 0. The molecular weight excluding hydrogens is 252 g/mol. The lowest BCUT2D eigenvalue weighted by molar-refractivity contribution is -0.0529. The maximum absolute atomic E-state index is 2.73. The summed E-state index contributed by atoms with van der Waals surface area (Å²) in [6.45, 7) is 7.67. The molecule has 0 N–H and O–H groups in total. The Morgan fingerprint density at radius 3 is 2.67 bits per heavy atom. The van der Waals surface area contributed by atoms with Crippen LogP contribution in [-0.2, 0) is 0 Å². The largest absolute Gasteiger partial charge is 0.0840 e. The third-order valence-corrected chi connectivity index (χ3v) is 8.70. The van der Waals surface area contributed by atoms with Gasteiger partial charge in [0.05, 0.1) is 0 Å². The fraction of sp³-hybridized carbons (Fsp3) is 0.905. The Labute approximate surface area is 131 Å². The summed E-state index contributed by atoms with van der Waals surface area (Å²) in [4.78, 5) is 0. The minimum absolute atomic E-state index is 0.535. The Morgan fingerprint density at radius 2 is 1.86 bits per heavy atom. The molecule has 3 saturated carbocycles. The molecule has 7 atom stereocenters. The van der Waals surface area contributed by atoms with Gasteiger partial charge in [-0.3, -0.25) is 0 Å². The minimum atomic E-state index is 0.535. The van der Waals surface area contributed by atoms with Crippen molar-refractivity contribution in [1.82, 2.24) is 0 Å². The molecule has 0 bridgehead atoms. The van der Waals surface area contributed by atoms with Crippen LogP contribution in [0.1, 0.15) is 78.6 Å². The molecule has 0 saturated heterocycles. The van der Waals surface area contributed by atoms with Gasteiger partial charge in [-0.15, -0.1) is 0 Å². The highest BCUT2D eigenvalue weighted by Gasteiger charge is 2.57. The summed E-state index contributed by atoms with van der Waals surface area (Å²) in [5, 5.41) is 0. The molecule has 0 nitrogen and oxygen atoms in total. The maximum Gasteiger partial charge on any atom is -0.00872 e. The third-order valence-electron chi connectivity index (χ3n) is 8.70. The van der Waals surface area contributed by atoms with Gasteiger partial charge in [-0.2, -0.15) is 0 Å². The predicted octanol–water partition coefficient (Wildman–Crippen LogP) is 6.22. The lowest BCUT2D eigenvalue weighted by Gasteiger charge is -2.58. The summed E-state index contributed by atoms with van der Waals surface area (Å²) in [7, 11) is 0. The Bertz CT molecular complexity index is 435. The fourth-order valence-corrected chi connectivity index (χ4v) is 7.42. The normalized spacial score (nSPS) is 55.7. The second-order valence-electron chi connectivity index (χ2n) is 9.23. The molecule has 118 valence electrons. The summed E-state index contributed by atoms with van der Waals surface area (Å²) in [5.74, 6) is 4.90. The smallest absolute Gasteiger partial charge is 0.00872 e. The van der Waals surface area contributed by atoms with E-state index in [0.29, 0.717) is 10.8 Å². The highest BCUT2D eigenvalue weighted by Crippen LogP contribution is 2.65. The van der Waals surface area contributed by atoms with Gasteiger partial charge in [-0.25, -0.2) is 0 Å². The summed E-state index contributed by atoms with van der Waals surface area (Å²) in [6, 6.07) is 0. The third kappa shape index (κ3) is 1.86. The van der Waals surface area contributed by atoms with E-state index in [1.54, 1.807) is 0 Å². The monoisotopic (exact) mass is 286 g/mol. The van der Waals surface area contributed by atoms with Crippen molar-refractivity contribution in [1.29, 1.82) is 0 Å². The summed E-state index contributed by atoms with van der Waals surface area (Å²) < 4.78 is 0. The van der Waals surface area contributed by atoms with Crippen LogP contribution in [0.5, 0.6) is 0 Å². The van der Waals surface area contributed by atoms with Crippen LogP contribution in [0.4, 0.5) is 0 Å². The van der Waals surface area contributed by atoms with Crippen molar-refractivity contribution in [3.63, 3.8) is 0 Å². The van der Waals surface area contributed by atoms with Crippen molar-refractivity contribution < 1.29 is 0 Å². The standard InChI is InChI=1S/C21H34/c1-4-15-9-11-18-17-10-8-16-7-5-6-13-20(16,2)19(17)12-14-21(15,18)3/h12,14-19H,4-11,13H2,1-3H3/t15-,16?,17-,18-,19-,20-,21+/m0/s1. The molecule has 4 aliphatic carbocycles. The lowest BCUT2D eigenvalue weighted by atomic mass is 9.47. The molecular formula is C21H34. The zero-order valence-corrected chi connectivity index (χ0v) is 14.4. The lowest BCUT2D eigenvalue weighted by Crippen LogP contribution is -2.50. The van der Waals surface area contributed by atoms with Crippen LogP contribution in [-0.4, -0.2) is 0 Å². The molecule has 0 aromatic rings. The number of rotatable bonds is 1. The summed E-state index contributed by atoms with van der Waals surface area (Å²) >= 11 is 0. The molecule has 0 heteroatoms. The van der Waals surface area contributed by atoms with Crippen LogP contribution >= 0.6 is 0 Å². The molecule has 4 rings (SSSR count). The van der Waals surface area contributed by atoms with Gasteiger partial charge in [0, 0.05) is 0 Å². The molecule has 0 radical (unpaired) electrons. The fourth-order valence-electron chi connectivity index (χ4n) is 7.42. The first kappa shape index (κ1) is 14.3. The molecule has 0 aliphatic heterocycles. The van der Waals surface area contributed by atoms with Crippen molar-refractivity contribution in [3.8, 4) is 0 Å². The van der Waals surface area contributed by atoms with E-state index in [0.717, 1.165) is 29.6 Å². The average molecular weight is 287 g/mol. The van der Waals surface area contributed by atoms with Gasteiger partial charge in [0.15, 0.2) is 0 Å². The van der Waals surface area contributed by atoms with Crippen molar-refractivity contribution in [2.45, 2.75) is 78.6 Å². The van der Waals surface area contributed by atoms with Gasteiger partial charge in [-0.05, 0) is 78.9 Å². The molecule has 21 heavy (non-hydrogen) atoms. The van der Waals surface area contributed by atoms with Crippen molar-refractivity contribution in [2.24, 2.45) is 40.4 Å². The van der Waals surface area contributed by atoms with Gasteiger partial charge in [0.1, 0.15) is 0 Å². The van der Waals surface area contributed by atoms with E-state index in [1.165, 1.54) is 57.8 Å². The predicted molar refractivity (Wildman–Crippen MR) is 90.0 cm³/mol. The van der Waals surface area contributed by atoms with Crippen molar-refractivity contribution in [3.05, 3.63) is 12.2 Å². The van der Waals surface area contributed by atoms with Gasteiger partial charge >= 0.3 is 0 Å². The highest BCUT2D eigenvalue weighted by atomic mass is 14.6. The van der Waals surface area contributed by atoms with Crippen LogP contribution < -0.4 is 0 Å². The Morgan fingerprint density at radius 1 is 1.00 bits per heavy atom. The zero-order chi connectivity index (χ0) is 14.7. The van der Waals surface area contributed by atoms with Gasteiger partial charge in [-0.1, -0.05) is 52.2 Å². The van der Waals surface area contributed by atoms with E-state index in [9.17, 15) is 0 Å². The maximum atomic E-state index is 2.73. The Balaban J connectivity index is 1.69. The topological polar surface area (TPSA) is 0 Å². The first-order valence-electron chi connectivity index (χ1n) is 9.79. The van der Waals surface area contributed by atoms with E-state index in [1.807, 2.05) is 0 Å². The number of allylic oxidation sites excluding steroid dienone is 2. The molecule has 0 amide bonds. The van der Waals surface area contributed by atoms with Crippen molar-refractivity contribution in [2.75, 3.05) is 0 Å². The molecule has 4 aliphatic rings. The molecule has 1 unspecified atom stereocenters. The SMILES string of the molecule is CC[C@H]1CC[C@H]2[C@@H]3CCC4CCCC[C@]4(C)[C@H]3C=C[C@]12C. The second-order valence-corrected chi connectivity index (χ2v) is 9.23. The van der Waals surface area contributed by atoms with Gasteiger partial charge < -0.3 is 0 Å². The first-order chi connectivity index (χ1) is 10.1. The van der Waals surface area contributed by atoms with Gasteiger partial charge in [0.2, 0.25) is 0 Å². The molecule has 0 heterocycles. The Kier molecular flexibility index (Phi) is 3.32. The average Bonchev–Trinajstić information content (AvgIpc) is 2.83. The molecule has 0 spiro atoms. The van der Waals surface area contributed by atoms with Crippen LogP contribution in [0.2, 0.25) is 0 Å². The summed E-state index contributed by atoms with van der Waals surface area (Å²) in [5.41, 5.74) is 1.18. The second kappa shape index (κ2) is 4.87. The first-order valence-corrected chi connectivity index (χ1v) is 9.79. The van der Waals surface area contributed by atoms with Crippen LogP contribution in [0.15, 0.2) is 12.2 Å². The van der Waals surface area contributed by atoms with E-state index < -0.39 is 0 Å². The minimum Gasteiger partial charge on any atom is -0.0840 e. The van der Waals surface area contributed by atoms with E-state index in [4.69, 9.17) is 0 Å². The zero-order valence-electron chi connectivity index (χ0n) is 14.4. The van der Waals surface area contributed by atoms with E-state index in [2.05, 4.69) is 32.9 Å². The Hall–Kier alpha value is -0.260. The van der Waals surface area contributed by atoms with E-state index >= 15 is 0 Å². The van der Waals surface area contributed by atoms with E-state index in [-0.39, 0.29) is 0 Å². The number of fused-ring (bicyclic) bond motifs is 5. The van der Waals surface area contributed by atoms with Crippen molar-refractivity contribution >= 4 is 0 Å². The van der Waals surface area contributed by atoms with Crippen LogP contribution in [0, 0.1) is 40.4 Å². The van der Waals surface area contributed by atoms with Crippen LogP contribution in [0.3, 0.4) is 0 Å². The molecule has 0 aromatic heterocycles. The quantitative estimate of drug-likeness (QED) is 0.502. The summed E-state index contributed by atoms with van der Waals surface area (Å²) in [6.07, 6.45) is 18.9. The molecule has 0 aromatic carbocycles. The number of hydrogen-bond acceptors (Lipinski definition) is 0. The highest BCUT2D eigenvalue weighted by molar-refractivity contribution is 5.20.